The lowest BCUT2D eigenvalue weighted by atomic mass is 9.97. The molecule has 76 heavy (non-hydrogen) atoms. The molecule has 9 N–H and O–H groups in total. The second kappa shape index (κ2) is 48.4. The number of ether oxygens (including phenoxy) is 4. The number of amides is 1. The normalized spacial score (nSPS) is 24.9. The molecule has 0 bridgehead atoms. The molecule has 0 saturated carbocycles. The molecule has 14 heteroatoms. The Kier molecular flexibility index (Phi) is 45.1. The van der Waals surface area contributed by atoms with Gasteiger partial charge in [0.2, 0.25) is 5.91 Å². The molecule has 1 amide bonds. The van der Waals surface area contributed by atoms with Gasteiger partial charge in [-0.25, -0.2) is 0 Å². The minimum atomic E-state index is -1.78. The number of aliphatic hydroxyl groups excluding tert-OH is 8. The molecule has 2 rings (SSSR count). The van der Waals surface area contributed by atoms with E-state index in [1.807, 2.05) is 6.08 Å². The van der Waals surface area contributed by atoms with E-state index in [1.165, 1.54) is 218 Å². The van der Waals surface area contributed by atoms with Gasteiger partial charge in [-0.05, 0) is 19.3 Å². The first-order valence-electron chi connectivity index (χ1n) is 31.9. The van der Waals surface area contributed by atoms with E-state index in [9.17, 15) is 45.6 Å². The average Bonchev–Trinajstić information content (AvgIpc) is 3.42. The van der Waals surface area contributed by atoms with Crippen molar-refractivity contribution >= 4 is 5.91 Å². The van der Waals surface area contributed by atoms with Crippen LogP contribution in [0, 0.1) is 0 Å². The molecule has 0 aromatic rings. The zero-order valence-corrected chi connectivity index (χ0v) is 48.5. The molecular formula is C62H119NO13. The number of carbonyl (C=O) groups excluding carboxylic acids is 1. The van der Waals surface area contributed by atoms with Gasteiger partial charge in [0.05, 0.1) is 32.0 Å². The number of hydrogen-bond acceptors (Lipinski definition) is 13. The SMILES string of the molecule is CCCCCCCCCCCCCCCCCCCCCCCCCCCCCCCCC/C=C/C(O)C(COC1OC(CO)C(OC2OC(CO)C(O)C(O)C2O)C(O)C1O)NC(=O)CCCCCCCCCCC. The zero-order chi connectivity index (χ0) is 55.3. The first-order chi connectivity index (χ1) is 37.1. The third kappa shape index (κ3) is 33.5. The van der Waals surface area contributed by atoms with Gasteiger partial charge in [0.25, 0.3) is 0 Å². The fraction of sp³-hybridized carbons (Fsp3) is 0.952. The molecule has 0 spiro atoms. The van der Waals surface area contributed by atoms with Crippen LogP contribution in [0.1, 0.15) is 284 Å². The number of allylic oxidation sites excluding steroid dienone is 1. The van der Waals surface area contributed by atoms with Crippen LogP contribution in [0.3, 0.4) is 0 Å². The first-order valence-corrected chi connectivity index (χ1v) is 31.9. The van der Waals surface area contributed by atoms with Crippen molar-refractivity contribution in [2.75, 3.05) is 19.8 Å². The van der Waals surface area contributed by atoms with Crippen molar-refractivity contribution in [1.29, 1.82) is 0 Å². The van der Waals surface area contributed by atoms with Crippen molar-refractivity contribution in [3.63, 3.8) is 0 Å². The van der Waals surface area contributed by atoms with E-state index in [0.717, 1.165) is 38.5 Å². The van der Waals surface area contributed by atoms with E-state index in [4.69, 9.17) is 18.9 Å². The molecule has 2 saturated heterocycles. The topological polar surface area (TPSA) is 228 Å². The number of unbranched alkanes of at least 4 members (excludes halogenated alkanes) is 39. The Balaban J connectivity index is 1.60. The smallest absolute Gasteiger partial charge is 0.220 e. The Morgan fingerprint density at radius 2 is 0.816 bits per heavy atom. The molecule has 0 aromatic carbocycles. The van der Waals surface area contributed by atoms with Gasteiger partial charge < -0.3 is 65.1 Å². The number of aliphatic hydroxyl groups is 8. The summed E-state index contributed by atoms with van der Waals surface area (Å²) in [6.45, 7) is 2.79. The van der Waals surface area contributed by atoms with Crippen molar-refractivity contribution in [1.82, 2.24) is 5.32 Å². The Morgan fingerprint density at radius 3 is 1.21 bits per heavy atom. The Bertz CT molecular complexity index is 1330. The Labute approximate surface area is 463 Å². The number of hydrogen-bond donors (Lipinski definition) is 9. The van der Waals surface area contributed by atoms with Gasteiger partial charge >= 0.3 is 0 Å². The molecule has 0 aliphatic carbocycles. The summed E-state index contributed by atoms with van der Waals surface area (Å²) >= 11 is 0. The van der Waals surface area contributed by atoms with Crippen LogP contribution < -0.4 is 5.32 Å². The van der Waals surface area contributed by atoms with Crippen LogP contribution in [-0.4, -0.2) is 140 Å². The van der Waals surface area contributed by atoms with Gasteiger partial charge in [0.15, 0.2) is 12.6 Å². The van der Waals surface area contributed by atoms with Crippen LogP contribution in [0.5, 0.6) is 0 Å². The predicted molar refractivity (Wildman–Crippen MR) is 305 cm³/mol. The summed E-state index contributed by atoms with van der Waals surface area (Å²) in [5.74, 6) is -0.239. The largest absolute Gasteiger partial charge is 0.394 e. The van der Waals surface area contributed by atoms with E-state index in [-0.39, 0.29) is 18.9 Å². The molecule has 450 valence electrons. The van der Waals surface area contributed by atoms with E-state index in [1.54, 1.807) is 6.08 Å². The molecule has 12 atom stereocenters. The molecule has 2 aliphatic rings. The van der Waals surface area contributed by atoms with Gasteiger partial charge in [0, 0.05) is 6.42 Å². The summed E-state index contributed by atoms with van der Waals surface area (Å²) < 4.78 is 22.7. The first kappa shape index (κ1) is 70.8. The second-order valence-electron chi connectivity index (χ2n) is 22.9. The number of rotatable bonds is 52. The van der Waals surface area contributed by atoms with Crippen molar-refractivity contribution < 1.29 is 64.6 Å². The summed E-state index contributed by atoms with van der Waals surface area (Å²) in [5.41, 5.74) is 0. The molecule has 12 unspecified atom stereocenters. The van der Waals surface area contributed by atoms with Crippen LogP contribution in [0.2, 0.25) is 0 Å². The van der Waals surface area contributed by atoms with E-state index < -0.39 is 86.8 Å². The van der Waals surface area contributed by atoms with E-state index >= 15 is 0 Å². The summed E-state index contributed by atoms with van der Waals surface area (Å²) in [6, 6.07) is -0.908. The van der Waals surface area contributed by atoms with Crippen LogP contribution in [0.25, 0.3) is 0 Å². The highest BCUT2D eigenvalue weighted by Crippen LogP contribution is 2.30. The summed E-state index contributed by atoms with van der Waals surface area (Å²) in [6.07, 6.45) is 40.2. The fourth-order valence-corrected chi connectivity index (χ4v) is 10.8. The lowest BCUT2D eigenvalue weighted by Crippen LogP contribution is -2.65. The summed E-state index contributed by atoms with van der Waals surface area (Å²) in [4.78, 5) is 13.1. The van der Waals surface area contributed by atoms with Crippen LogP contribution >= 0.6 is 0 Å². The summed E-state index contributed by atoms with van der Waals surface area (Å²) in [7, 11) is 0. The molecular weight excluding hydrogens is 967 g/mol. The number of nitrogens with one attached hydrogen (secondary N) is 1. The predicted octanol–water partition coefficient (Wildman–Crippen LogP) is 11.5. The van der Waals surface area contributed by atoms with Gasteiger partial charge in [-0.1, -0.05) is 270 Å². The molecule has 2 aliphatic heterocycles. The van der Waals surface area contributed by atoms with Crippen molar-refractivity contribution in [2.45, 2.75) is 357 Å². The van der Waals surface area contributed by atoms with Crippen molar-refractivity contribution in [3.8, 4) is 0 Å². The molecule has 2 heterocycles. The maximum Gasteiger partial charge on any atom is 0.220 e. The zero-order valence-electron chi connectivity index (χ0n) is 48.5. The summed E-state index contributed by atoms with van der Waals surface area (Å²) in [5, 5.41) is 86.9. The van der Waals surface area contributed by atoms with Gasteiger partial charge in [0.1, 0.15) is 48.8 Å². The minimum Gasteiger partial charge on any atom is -0.394 e. The van der Waals surface area contributed by atoms with Crippen LogP contribution in [-0.2, 0) is 23.7 Å². The maximum absolute atomic E-state index is 13.1. The molecule has 0 radical (unpaired) electrons. The Hall–Kier alpha value is -1.27. The Morgan fingerprint density at radius 1 is 0.461 bits per heavy atom. The van der Waals surface area contributed by atoms with Crippen LogP contribution in [0.4, 0.5) is 0 Å². The number of carbonyl (C=O) groups is 1. The van der Waals surface area contributed by atoms with E-state index in [0.29, 0.717) is 6.42 Å². The van der Waals surface area contributed by atoms with Gasteiger partial charge in [-0.2, -0.15) is 0 Å². The standard InChI is InChI=1S/C62H119NO13/c1-3-5-7-9-11-13-14-15-16-17-18-19-20-21-22-23-24-25-26-27-28-29-30-31-32-33-34-35-36-38-39-41-43-45-51(66)50(63-54(67)46-44-42-40-37-12-10-8-6-4-2)49-73-61-59(72)57(70)60(53(48-65)75-61)76-62-58(71)56(69)55(68)52(47-64)74-62/h43,45,50-53,55-62,64-66,68-72H,3-42,44,46-49H2,1-2H3,(H,63,67)/b45-43+. The maximum atomic E-state index is 13.1. The van der Waals surface area contributed by atoms with Crippen molar-refractivity contribution in [2.24, 2.45) is 0 Å². The van der Waals surface area contributed by atoms with Gasteiger partial charge in [-0.3, -0.25) is 4.79 Å². The molecule has 0 aromatic heterocycles. The lowest BCUT2D eigenvalue weighted by Gasteiger charge is -2.46. The van der Waals surface area contributed by atoms with E-state index in [2.05, 4.69) is 19.2 Å². The highest BCUT2D eigenvalue weighted by Gasteiger charge is 2.51. The highest BCUT2D eigenvalue weighted by molar-refractivity contribution is 5.76. The molecule has 2 fully saturated rings. The van der Waals surface area contributed by atoms with Crippen molar-refractivity contribution in [3.05, 3.63) is 12.2 Å². The monoisotopic (exact) mass is 1090 g/mol. The second-order valence-corrected chi connectivity index (χ2v) is 22.9. The third-order valence-electron chi connectivity index (χ3n) is 16.0. The lowest BCUT2D eigenvalue weighted by molar-refractivity contribution is -0.359. The average molecular weight is 1090 g/mol. The molecule has 14 nitrogen and oxygen atoms in total. The quantitative estimate of drug-likeness (QED) is 0.0204. The highest BCUT2D eigenvalue weighted by atomic mass is 16.7. The minimum absolute atomic E-state index is 0.239. The third-order valence-corrected chi connectivity index (χ3v) is 16.0. The fourth-order valence-electron chi connectivity index (χ4n) is 10.8. The van der Waals surface area contributed by atoms with Crippen LogP contribution in [0.15, 0.2) is 12.2 Å². The van der Waals surface area contributed by atoms with Gasteiger partial charge in [-0.15, -0.1) is 0 Å².